The lowest BCUT2D eigenvalue weighted by molar-refractivity contribution is -0.196. The number of nitrogens with zero attached hydrogens (tertiary/aromatic N) is 4. The van der Waals surface area contributed by atoms with Crippen molar-refractivity contribution in [3.05, 3.63) is 35.4 Å². The number of amides is 3. The van der Waals surface area contributed by atoms with Crippen molar-refractivity contribution in [3.8, 4) is 0 Å². The topological polar surface area (TPSA) is 64.2 Å². The van der Waals surface area contributed by atoms with Crippen LogP contribution in [-0.4, -0.2) is 82.4 Å². The van der Waals surface area contributed by atoms with Gasteiger partial charge in [0.05, 0.1) is 13.1 Å². The summed E-state index contributed by atoms with van der Waals surface area (Å²) in [5.74, 6) is 0.641. The molecule has 0 N–H and O–H groups in total. The number of benzene rings is 1. The van der Waals surface area contributed by atoms with Crippen LogP contribution in [0, 0.1) is 6.92 Å². The van der Waals surface area contributed by atoms with Crippen molar-refractivity contribution in [2.45, 2.75) is 32.1 Å². The fourth-order valence-electron chi connectivity index (χ4n) is 3.75. The Bertz CT molecular complexity index is 711. The highest BCUT2D eigenvalue weighted by atomic mass is 32.2. The Balaban J connectivity index is 1.89. The maximum atomic E-state index is 13.2. The molecule has 0 radical (unpaired) electrons. The van der Waals surface area contributed by atoms with E-state index >= 15 is 0 Å². The standard InChI is InChI=1S/C19H26N4O3S/c1-14-4-6-15(7-5-14)10-21-11-17-22(13-24)20(2)12-18(25)23(17)16(19(21)26)8-9-27-3/h4-7,13,16-17H,8-12H2,1-3H3/t16-,17?/m0/s1. The number of fused-ring (bicyclic) bond motifs is 1. The average molecular weight is 391 g/mol. The first-order valence-corrected chi connectivity index (χ1v) is 10.4. The van der Waals surface area contributed by atoms with E-state index in [-0.39, 0.29) is 18.4 Å². The van der Waals surface area contributed by atoms with Gasteiger partial charge >= 0.3 is 0 Å². The molecule has 2 heterocycles. The Morgan fingerprint density at radius 2 is 1.93 bits per heavy atom. The number of hydrogen-bond acceptors (Lipinski definition) is 5. The molecule has 8 heteroatoms. The highest BCUT2D eigenvalue weighted by Gasteiger charge is 2.48. The van der Waals surface area contributed by atoms with Crippen LogP contribution in [-0.2, 0) is 20.9 Å². The van der Waals surface area contributed by atoms with Crippen LogP contribution in [0.1, 0.15) is 17.5 Å². The maximum Gasteiger partial charge on any atom is 0.245 e. The van der Waals surface area contributed by atoms with E-state index in [0.717, 1.165) is 17.7 Å². The average Bonchev–Trinajstić information content (AvgIpc) is 2.64. The number of rotatable bonds is 6. The third kappa shape index (κ3) is 3.96. The molecule has 0 spiro atoms. The van der Waals surface area contributed by atoms with Gasteiger partial charge < -0.3 is 9.80 Å². The van der Waals surface area contributed by atoms with Crippen molar-refractivity contribution in [3.63, 3.8) is 0 Å². The molecule has 1 aromatic carbocycles. The lowest BCUT2D eigenvalue weighted by Gasteiger charge is -2.53. The van der Waals surface area contributed by atoms with Gasteiger partial charge in [-0.15, -0.1) is 0 Å². The van der Waals surface area contributed by atoms with Gasteiger partial charge in [-0.3, -0.25) is 19.4 Å². The zero-order valence-electron chi connectivity index (χ0n) is 16.0. The molecule has 3 amide bonds. The fourth-order valence-corrected chi connectivity index (χ4v) is 4.21. The Morgan fingerprint density at radius 3 is 2.56 bits per heavy atom. The van der Waals surface area contributed by atoms with E-state index in [1.807, 2.05) is 37.4 Å². The van der Waals surface area contributed by atoms with E-state index in [4.69, 9.17) is 0 Å². The molecule has 146 valence electrons. The molecule has 2 aliphatic rings. The second kappa shape index (κ2) is 8.31. The summed E-state index contributed by atoms with van der Waals surface area (Å²) in [7, 11) is 1.72. The van der Waals surface area contributed by atoms with E-state index in [1.165, 1.54) is 10.6 Å². The van der Waals surface area contributed by atoms with E-state index in [2.05, 4.69) is 0 Å². The molecule has 3 rings (SSSR count). The van der Waals surface area contributed by atoms with Gasteiger partial charge in [0, 0.05) is 13.6 Å². The Hall–Kier alpha value is -2.06. The number of hydrogen-bond donors (Lipinski definition) is 0. The summed E-state index contributed by atoms with van der Waals surface area (Å²) in [4.78, 5) is 40.9. The van der Waals surface area contributed by atoms with Crippen LogP contribution >= 0.6 is 11.8 Å². The maximum absolute atomic E-state index is 13.2. The number of likely N-dealkylation sites (N-methyl/N-ethyl adjacent to an activating group) is 1. The van der Waals surface area contributed by atoms with Crippen molar-refractivity contribution in [2.24, 2.45) is 0 Å². The van der Waals surface area contributed by atoms with E-state index < -0.39 is 12.2 Å². The zero-order valence-corrected chi connectivity index (χ0v) is 16.8. The summed E-state index contributed by atoms with van der Waals surface area (Å²) in [6.45, 7) is 2.93. The Morgan fingerprint density at radius 1 is 1.22 bits per heavy atom. The molecule has 2 atom stereocenters. The second-order valence-corrected chi connectivity index (χ2v) is 8.07. The van der Waals surface area contributed by atoms with Crippen LogP contribution in [0.3, 0.4) is 0 Å². The highest BCUT2D eigenvalue weighted by molar-refractivity contribution is 7.98. The van der Waals surface area contributed by atoms with Gasteiger partial charge in [0.2, 0.25) is 18.2 Å². The molecule has 0 saturated carbocycles. The number of thioether (sulfide) groups is 1. The normalized spacial score (nSPS) is 23.6. The van der Waals surface area contributed by atoms with Crippen LogP contribution in [0.4, 0.5) is 0 Å². The molecule has 0 aromatic heterocycles. The molecular formula is C19H26N4O3S. The second-order valence-electron chi connectivity index (χ2n) is 7.08. The van der Waals surface area contributed by atoms with Gasteiger partial charge in [0.15, 0.2) is 0 Å². The van der Waals surface area contributed by atoms with Gasteiger partial charge in [0.1, 0.15) is 12.2 Å². The fraction of sp³-hybridized carbons (Fsp3) is 0.526. The smallest absolute Gasteiger partial charge is 0.245 e. The monoisotopic (exact) mass is 390 g/mol. The molecule has 2 aliphatic heterocycles. The molecule has 1 aromatic rings. The third-order valence-corrected chi connectivity index (χ3v) is 5.83. The zero-order chi connectivity index (χ0) is 19.6. The minimum Gasteiger partial charge on any atom is -0.333 e. The summed E-state index contributed by atoms with van der Waals surface area (Å²) in [6, 6.07) is 7.56. The number of carbonyl (C=O) groups excluding carboxylic acids is 3. The summed E-state index contributed by atoms with van der Waals surface area (Å²) in [6.07, 6.45) is 2.86. The largest absolute Gasteiger partial charge is 0.333 e. The van der Waals surface area contributed by atoms with Gasteiger partial charge in [-0.2, -0.15) is 11.8 Å². The predicted octanol–water partition coefficient (Wildman–Crippen LogP) is 0.932. The summed E-state index contributed by atoms with van der Waals surface area (Å²) >= 11 is 1.65. The van der Waals surface area contributed by atoms with Crippen LogP contribution in [0.25, 0.3) is 0 Å². The third-order valence-electron chi connectivity index (χ3n) is 5.19. The van der Waals surface area contributed by atoms with Crippen LogP contribution in [0.15, 0.2) is 24.3 Å². The quantitative estimate of drug-likeness (QED) is 0.677. The van der Waals surface area contributed by atoms with Gasteiger partial charge in [-0.25, -0.2) is 5.01 Å². The Labute approximate surface area is 164 Å². The summed E-state index contributed by atoms with van der Waals surface area (Å²) < 4.78 is 0. The minimum absolute atomic E-state index is 0.0374. The number of piperazine rings is 1. The van der Waals surface area contributed by atoms with E-state index in [9.17, 15) is 14.4 Å². The number of carbonyl (C=O) groups is 3. The lowest BCUT2D eigenvalue weighted by Crippen LogP contribution is -2.74. The summed E-state index contributed by atoms with van der Waals surface area (Å²) in [5, 5.41) is 3.16. The van der Waals surface area contributed by atoms with Crippen molar-refractivity contribution >= 4 is 30.0 Å². The molecule has 27 heavy (non-hydrogen) atoms. The first-order chi connectivity index (χ1) is 13.0. The van der Waals surface area contributed by atoms with Gasteiger partial charge in [0.25, 0.3) is 0 Å². The van der Waals surface area contributed by atoms with Crippen molar-refractivity contribution in [1.29, 1.82) is 0 Å². The summed E-state index contributed by atoms with van der Waals surface area (Å²) in [5.41, 5.74) is 2.21. The van der Waals surface area contributed by atoms with Crippen molar-refractivity contribution in [1.82, 2.24) is 19.8 Å². The van der Waals surface area contributed by atoms with E-state index in [0.29, 0.717) is 19.5 Å². The number of hydrazine groups is 1. The predicted molar refractivity (Wildman–Crippen MR) is 105 cm³/mol. The van der Waals surface area contributed by atoms with Crippen LogP contribution < -0.4 is 0 Å². The molecule has 1 unspecified atom stereocenters. The van der Waals surface area contributed by atoms with Crippen LogP contribution in [0.2, 0.25) is 0 Å². The molecule has 0 aliphatic carbocycles. The molecule has 0 bridgehead atoms. The molecule has 2 fully saturated rings. The lowest BCUT2D eigenvalue weighted by atomic mass is 10.0. The molecular weight excluding hydrogens is 364 g/mol. The minimum atomic E-state index is -0.523. The first-order valence-electron chi connectivity index (χ1n) is 9.05. The first kappa shape index (κ1) is 19.7. The number of aryl methyl sites for hydroxylation is 1. The molecule has 2 saturated heterocycles. The Kier molecular flexibility index (Phi) is 6.06. The highest BCUT2D eigenvalue weighted by Crippen LogP contribution is 2.27. The van der Waals surface area contributed by atoms with Crippen molar-refractivity contribution < 1.29 is 14.4 Å². The molecule has 7 nitrogen and oxygen atoms in total. The van der Waals surface area contributed by atoms with Gasteiger partial charge in [-0.05, 0) is 30.9 Å². The SMILES string of the molecule is CSCC[C@H]1C(=O)N(Cc2ccc(C)cc2)CC2N1C(=O)CN(C)N2C=O. The van der Waals surface area contributed by atoms with Crippen molar-refractivity contribution in [2.75, 3.05) is 32.1 Å². The van der Waals surface area contributed by atoms with E-state index in [1.54, 1.807) is 33.6 Å². The van der Waals surface area contributed by atoms with Crippen LogP contribution in [0.5, 0.6) is 0 Å². The van der Waals surface area contributed by atoms with Gasteiger partial charge in [-0.1, -0.05) is 29.8 Å².